The van der Waals surface area contributed by atoms with Crippen molar-refractivity contribution in [2.45, 2.75) is 45.7 Å². The van der Waals surface area contributed by atoms with Crippen LogP contribution >= 0.6 is 11.6 Å². The summed E-state index contributed by atoms with van der Waals surface area (Å²) in [5.74, 6) is 0.707. The van der Waals surface area contributed by atoms with E-state index < -0.39 is 0 Å². The maximum absolute atomic E-state index is 14.1. The van der Waals surface area contributed by atoms with Gasteiger partial charge in [0, 0.05) is 62.8 Å². The lowest BCUT2D eigenvalue weighted by Crippen LogP contribution is -2.38. The Hall–Kier alpha value is -3.39. The molecule has 4 rings (SSSR count). The number of ether oxygens (including phenoxy) is 1. The van der Waals surface area contributed by atoms with Gasteiger partial charge in [0.2, 0.25) is 5.91 Å². The molecule has 0 bridgehead atoms. The van der Waals surface area contributed by atoms with Crippen molar-refractivity contribution in [3.63, 3.8) is 0 Å². The summed E-state index contributed by atoms with van der Waals surface area (Å²) < 4.78 is 5.98. The van der Waals surface area contributed by atoms with E-state index in [1.165, 1.54) is 5.56 Å². The molecule has 43 heavy (non-hydrogen) atoms. The highest BCUT2D eigenvalue weighted by molar-refractivity contribution is 6.31. The standard InChI is InChI=1S/C35H45ClN4O3/c1-4-11-34(41)40-20-9-19-38(26-28-12-6-5-7-13-28)21-22-39(27-30-16-17-31(36)25-33(30)40)35(42)29-14-8-15-32(24-29)43-23-10-18-37(2)3/h5-8,12-17,24-25H,4,9-11,18-23,26-27H2,1-3H3. The van der Waals surface area contributed by atoms with Crippen LogP contribution in [0, 0.1) is 0 Å². The van der Waals surface area contributed by atoms with Gasteiger partial charge in [-0.15, -0.1) is 0 Å². The first-order chi connectivity index (χ1) is 20.8. The minimum absolute atomic E-state index is 0.0648. The molecule has 7 nitrogen and oxygen atoms in total. The number of fused-ring (bicyclic) bond motifs is 1. The second-order valence-electron chi connectivity index (χ2n) is 11.4. The molecule has 8 heteroatoms. The molecule has 0 atom stereocenters. The number of amides is 2. The number of carbonyl (C=O) groups excluding carboxylic acids is 2. The van der Waals surface area contributed by atoms with Crippen LogP contribution in [0.2, 0.25) is 5.02 Å². The van der Waals surface area contributed by atoms with Crippen LogP contribution < -0.4 is 9.64 Å². The SMILES string of the molecule is CCCC(=O)N1CCCN(Cc2ccccc2)CCN(C(=O)c2cccc(OCCCN(C)C)c2)Cc2ccc(Cl)cc21. The molecule has 1 heterocycles. The van der Waals surface area contributed by atoms with Gasteiger partial charge in [0.1, 0.15) is 5.75 Å². The van der Waals surface area contributed by atoms with E-state index in [2.05, 4.69) is 34.1 Å². The van der Waals surface area contributed by atoms with Crippen molar-refractivity contribution in [3.8, 4) is 5.75 Å². The molecular weight excluding hydrogens is 560 g/mol. The van der Waals surface area contributed by atoms with Crippen LogP contribution in [0.15, 0.2) is 72.8 Å². The Morgan fingerprint density at radius 3 is 2.51 bits per heavy atom. The number of nitrogens with zero attached hydrogens (tertiary/aromatic N) is 4. The first kappa shape index (κ1) is 32.5. The molecule has 1 aliphatic heterocycles. The topological polar surface area (TPSA) is 56.3 Å². The number of benzene rings is 3. The normalized spacial score (nSPS) is 14.7. The van der Waals surface area contributed by atoms with E-state index in [0.717, 1.165) is 50.1 Å². The van der Waals surface area contributed by atoms with Gasteiger partial charge >= 0.3 is 0 Å². The van der Waals surface area contributed by atoms with Crippen LogP contribution in [-0.2, 0) is 17.9 Å². The van der Waals surface area contributed by atoms with Crippen LogP contribution in [0.5, 0.6) is 5.75 Å². The monoisotopic (exact) mass is 604 g/mol. The number of anilines is 1. The summed E-state index contributed by atoms with van der Waals surface area (Å²) in [5.41, 5.74) is 3.51. The van der Waals surface area contributed by atoms with E-state index in [-0.39, 0.29) is 11.8 Å². The van der Waals surface area contributed by atoms with Crippen LogP contribution in [0.1, 0.15) is 54.1 Å². The average Bonchev–Trinajstić information content (AvgIpc) is 3.03. The molecule has 0 aromatic heterocycles. The fraction of sp³-hybridized carbons (Fsp3) is 0.429. The largest absolute Gasteiger partial charge is 0.494 e. The third-order valence-electron chi connectivity index (χ3n) is 7.64. The first-order valence-corrected chi connectivity index (χ1v) is 15.7. The zero-order valence-corrected chi connectivity index (χ0v) is 26.6. The molecule has 3 aromatic rings. The van der Waals surface area contributed by atoms with Crippen LogP contribution in [0.3, 0.4) is 0 Å². The Kier molecular flexibility index (Phi) is 12.4. The van der Waals surface area contributed by atoms with Crippen molar-refractivity contribution in [1.29, 1.82) is 0 Å². The van der Waals surface area contributed by atoms with E-state index in [1.807, 2.05) is 79.3 Å². The van der Waals surface area contributed by atoms with Crippen LogP contribution in [0.4, 0.5) is 5.69 Å². The van der Waals surface area contributed by atoms with Gasteiger partial charge in [-0.05, 0) is 74.8 Å². The van der Waals surface area contributed by atoms with Crippen molar-refractivity contribution in [2.75, 3.05) is 58.3 Å². The highest BCUT2D eigenvalue weighted by atomic mass is 35.5. The maximum Gasteiger partial charge on any atom is 0.254 e. The summed E-state index contributed by atoms with van der Waals surface area (Å²) in [6.07, 6.45) is 2.95. The van der Waals surface area contributed by atoms with E-state index >= 15 is 0 Å². The number of carbonyl (C=O) groups is 2. The Labute approximate surface area is 262 Å². The predicted molar refractivity (Wildman–Crippen MR) is 175 cm³/mol. The number of hydrogen-bond acceptors (Lipinski definition) is 5. The minimum Gasteiger partial charge on any atom is -0.494 e. The van der Waals surface area contributed by atoms with Gasteiger partial charge in [-0.2, -0.15) is 0 Å². The number of rotatable bonds is 10. The van der Waals surface area contributed by atoms with Gasteiger partial charge in [-0.25, -0.2) is 0 Å². The maximum atomic E-state index is 14.1. The lowest BCUT2D eigenvalue weighted by Gasteiger charge is -2.28. The van der Waals surface area contributed by atoms with Crippen molar-refractivity contribution < 1.29 is 14.3 Å². The molecule has 0 saturated carbocycles. The van der Waals surface area contributed by atoms with Gasteiger partial charge < -0.3 is 19.4 Å². The summed E-state index contributed by atoms with van der Waals surface area (Å²) in [4.78, 5) is 35.8. The molecule has 0 spiro atoms. The van der Waals surface area contributed by atoms with Crippen molar-refractivity contribution in [1.82, 2.24) is 14.7 Å². The van der Waals surface area contributed by atoms with Gasteiger partial charge in [0.15, 0.2) is 0 Å². The third-order valence-corrected chi connectivity index (χ3v) is 7.88. The molecule has 2 amide bonds. The second-order valence-corrected chi connectivity index (χ2v) is 11.9. The molecular formula is C35H45ClN4O3. The van der Waals surface area contributed by atoms with Gasteiger partial charge in [0.25, 0.3) is 5.91 Å². The highest BCUT2D eigenvalue weighted by Crippen LogP contribution is 2.29. The minimum atomic E-state index is -0.0648. The Balaban J connectivity index is 1.63. The zero-order chi connectivity index (χ0) is 30.6. The van der Waals surface area contributed by atoms with E-state index in [4.69, 9.17) is 16.3 Å². The Bertz CT molecular complexity index is 1330. The summed E-state index contributed by atoms with van der Waals surface area (Å²) in [5, 5.41) is 0.575. The van der Waals surface area contributed by atoms with Gasteiger partial charge in [-0.1, -0.05) is 61.0 Å². The molecule has 1 aliphatic rings. The molecule has 0 N–H and O–H groups in total. The fourth-order valence-electron chi connectivity index (χ4n) is 5.41. The van der Waals surface area contributed by atoms with Gasteiger partial charge in [0.05, 0.1) is 12.3 Å². The van der Waals surface area contributed by atoms with E-state index in [0.29, 0.717) is 55.5 Å². The zero-order valence-electron chi connectivity index (χ0n) is 25.8. The van der Waals surface area contributed by atoms with Crippen LogP contribution in [-0.4, -0.2) is 79.9 Å². The van der Waals surface area contributed by atoms with E-state index in [9.17, 15) is 9.59 Å². The second kappa shape index (κ2) is 16.5. The van der Waals surface area contributed by atoms with Crippen LogP contribution in [0.25, 0.3) is 0 Å². The summed E-state index contributed by atoms with van der Waals surface area (Å²) in [7, 11) is 4.09. The number of halogens is 1. The number of hydrogen-bond donors (Lipinski definition) is 0. The molecule has 0 saturated heterocycles. The Morgan fingerprint density at radius 2 is 1.74 bits per heavy atom. The summed E-state index contributed by atoms with van der Waals surface area (Å²) in [6.45, 7) is 7.35. The fourth-order valence-corrected chi connectivity index (χ4v) is 5.57. The lowest BCUT2D eigenvalue weighted by atomic mass is 10.1. The molecule has 0 fully saturated rings. The average molecular weight is 605 g/mol. The molecule has 3 aromatic carbocycles. The summed E-state index contributed by atoms with van der Waals surface area (Å²) in [6, 6.07) is 23.5. The van der Waals surface area contributed by atoms with Crippen molar-refractivity contribution in [3.05, 3.63) is 94.5 Å². The molecule has 0 aliphatic carbocycles. The predicted octanol–water partition coefficient (Wildman–Crippen LogP) is 6.35. The van der Waals surface area contributed by atoms with Gasteiger partial charge in [-0.3, -0.25) is 14.5 Å². The molecule has 230 valence electrons. The first-order valence-electron chi connectivity index (χ1n) is 15.4. The Morgan fingerprint density at radius 1 is 0.930 bits per heavy atom. The smallest absolute Gasteiger partial charge is 0.254 e. The molecule has 0 unspecified atom stereocenters. The molecule has 0 radical (unpaired) electrons. The summed E-state index contributed by atoms with van der Waals surface area (Å²) >= 11 is 6.47. The van der Waals surface area contributed by atoms with Crippen molar-refractivity contribution >= 4 is 29.1 Å². The lowest BCUT2D eigenvalue weighted by molar-refractivity contribution is -0.118. The quantitative estimate of drug-likeness (QED) is 0.252. The highest BCUT2D eigenvalue weighted by Gasteiger charge is 2.25. The van der Waals surface area contributed by atoms with Crippen molar-refractivity contribution in [2.24, 2.45) is 0 Å². The third kappa shape index (κ3) is 9.82. The van der Waals surface area contributed by atoms with E-state index in [1.54, 1.807) is 0 Å².